The lowest BCUT2D eigenvalue weighted by Crippen LogP contribution is -1.94. The Balaban J connectivity index is 2.24. The number of fused-ring (bicyclic) bond motifs is 1. The number of hydrogen-bond donors (Lipinski definition) is 1. The molecule has 0 aromatic rings. The van der Waals surface area contributed by atoms with Crippen molar-refractivity contribution in [2.75, 3.05) is 0 Å². The minimum Gasteiger partial charge on any atom is -0.512 e. The molecule has 2 aliphatic carbocycles. The molecule has 0 heterocycles. The van der Waals surface area contributed by atoms with Gasteiger partial charge in [0.15, 0.2) is 0 Å². The maximum Gasteiger partial charge on any atom is 0.0922 e. The summed E-state index contributed by atoms with van der Waals surface area (Å²) in [6.45, 7) is 4.50. The minimum atomic E-state index is 0.400. The molecule has 0 aromatic heterocycles. The SMILES string of the molecule is CC1(C)C2CCC=C(O)C21. The first kappa shape index (κ1) is 6.26. The molecule has 0 saturated heterocycles. The van der Waals surface area contributed by atoms with Crippen LogP contribution in [0.25, 0.3) is 0 Å². The van der Waals surface area contributed by atoms with E-state index < -0.39 is 0 Å². The summed E-state index contributed by atoms with van der Waals surface area (Å²) in [4.78, 5) is 0. The van der Waals surface area contributed by atoms with E-state index in [1.165, 1.54) is 6.42 Å². The van der Waals surface area contributed by atoms with Gasteiger partial charge in [0.1, 0.15) is 0 Å². The van der Waals surface area contributed by atoms with Crippen molar-refractivity contribution in [2.45, 2.75) is 26.7 Å². The topological polar surface area (TPSA) is 20.2 Å². The Bertz CT molecular complexity index is 191. The Hall–Kier alpha value is -0.460. The van der Waals surface area contributed by atoms with Crippen molar-refractivity contribution in [1.82, 2.24) is 0 Å². The van der Waals surface area contributed by atoms with Crippen LogP contribution in [0.4, 0.5) is 0 Å². The number of allylic oxidation sites excluding steroid dienone is 2. The van der Waals surface area contributed by atoms with Gasteiger partial charge >= 0.3 is 0 Å². The highest BCUT2D eigenvalue weighted by molar-refractivity contribution is 5.21. The lowest BCUT2D eigenvalue weighted by Gasteiger charge is -2.03. The van der Waals surface area contributed by atoms with Crippen molar-refractivity contribution >= 4 is 0 Å². The van der Waals surface area contributed by atoms with Gasteiger partial charge in [0.05, 0.1) is 5.76 Å². The third kappa shape index (κ3) is 0.582. The highest BCUT2D eigenvalue weighted by Gasteiger charge is 2.59. The van der Waals surface area contributed by atoms with E-state index in [9.17, 15) is 5.11 Å². The largest absolute Gasteiger partial charge is 0.512 e. The smallest absolute Gasteiger partial charge is 0.0922 e. The average molecular weight is 138 g/mol. The molecule has 0 amide bonds. The Kier molecular flexibility index (Phi) is 0.988. The Labute approximate surface area is 61.8 Å². The van der Waals surface area contributed by atoms with Gasteiger partial charge in [0.25, 0.3) is 0 Å². The van der Waals surface area contributed by atoms with Crippen LogP contribution in [0.2, 0.25) is 0 Å². The third-order valence-electron chi connectivity index (χ3n) is 3.20. The van der Waals surface area contributed by atoms with Gasteiger partial charge in [0.2, 0.25) is 0 Å². The molecule has 0 spiro atoms. The van der Waals surface area contributed by atoms with Crippen LogP contribution in [-0.2, 0) is 0 Å². The summed E-state index contributed by atoms with van der Waals surface area (Å²) in [6.07, 6.45) is 4.34. The first-order valence-corrected chi connectivity index (χ1v) is 4.03. The standard InChI is InChI=1S/C9H14O/c1-9(2)6-4-3-5-7(10)8(6)9/h5-6,8,10H,3-4H2,1-2H3. The molecule has 2 unspecified atom stereocenters. The fourth-order valence-corrected chi connectivity index (χ4v) is 2.41. The lowest BCUT2D eigenvalue weighted by atomic mass is 10.1. The van der Waals surface area contributed by atoms with E-state index in [0.29, 0.717) is 17.1 Å². The van der Waals surface area contributed by atoms with Crippen LogP contribution in [-0.4, -0.2) is 5.11 Å². The van der Waals surface area contributed by atoms with Gasteiger partial charge in [-0.15, -0.1) is 0 Å². The van der Waals surface area contributed by atoms with Gasteiger partial charge in [-0.2, -0.15) is 0 Å². The number of rotatable bonds is 0. The summed E-state index contributed by atoms with van der Waals surface area (Å²) in [5, 5.41) is 9.42. The second kappa shape index (κ2) is 1.58. The first-order valence-electron chi connectivity index (χ1n) is 4.03. The molecule has 2 atom stereocenters. The molecule has 10 heavy (non-hydrogen) atoms. The lowest BCUT2D eigenvalue weighted by molar-refractivity contribution is 0.347. The number of aliphatic hydroxyl groups is 1. The molecule has 56 valence electrons. The summed E-state index contributed by atoms with van der Waals surface area (Å²) in [5.41, 5.74) is 0.400. The summed E-state index contributed by atoms with van der Waals surface area (Å²) in [6, 6.07) is 0. The monoisotopic (exact) mass is 138 g/mol. The van der Waals surface area contributed by atoms with Crippen LogP contribution in [0.5, 0.6) is 0 Å². The fraction of sp³-hybridized carbons (Fsp3) is 0.778. The molecule has 1 heteroatoms. The highest BCUT2D eigenvalue weighted by atomic mass is 16.3. The Morgan fingerprint density at radius 3 is 2.80 bits per heavy atom. The van der Waals surface area contributed by atoms with E-state index in [0.717, 1.165) is 12.3 Å². The van der Waals surface area contributed by atoms with Gasteiger partial charge < -0.3 is 5.11 Å². The predicted octanol–water partition coefficient (Wildman–Crippen LogP) is 2.49. The molecule has 0 aliphatic heterocycles. The normalized spacial score (nSPS) is 42.0. The molecule has 2 rings (SSSR count). The van der Waals surface area contributed by atoms with E-state index in [4.69, 9.17) is 0 Å². The molecular weight excluding hydrogens is 124 g/mol. The zero-order chi connectivity index (χ0) is 7.35. The van der Waals surface area contributed by atoms with E-state index >= 15 is 0 Å². The molecule has 1 N–H and O–H groups in total. The Morgan fingerprint density at radius 1 is 1.60 bits per heavy atom. The van der Waals surface area contributed by atoms with Crippen molar-refractivity contribution in [3.63, 3.8) is 0 Å². The first-order chi connectivity index (χ1) is 4.64. The van der Waals surface area contributed by atoms with Crippen molar-refractivity contribution in [3.8, 4) is 0 Å². The van der Waals surface area contributed by atoms with Gasteiger partial charge in [0, 0.05) is 5.92 Å². The summed E-state index contributed by atoms with van der Waals surface area (Å²) in [5.74, 6) is 1.93. The molecule has 0 aromatic carbocycles. The van der Waals surface area contributed by atoms with Gasteiger partial charge in [-0.05, 0) is 30.3 Å². The number of hydrogen-bond acceptors (Lipinski definition) is 1. The van der Waals surface area contributed by atoms with Crippen molar-refractivity contribution in [2.24, 2.45) is 17.3 Å². The summed E-state index contributed by atoms with van der Waals surface area (Å²) < 4.78 is 0. The summed E-state index contributed by atoms with van der Waals surface area (Å²) in [7, 11) is 0. The van der Waals surface area contributed by atoms with E-state index in [2.05, 4.69) is 13.8 Å². The van der Waals surface area contributed by atoms with Gasteiger partial charge in [-0.3, -0.25) is 0 Å². The second-order valence-electron chi connectivity index (χ2n) is 4.11. The van der Waals surface area contributed by atoms with Crippen LogP contribution >= 0.6 is 0 Å². The average Bonchev–Trinajstić information content (AvgIpc) is 2.38. The molecule has 1 saturated carbocycles. The molecule has 2 aliphatic rings. The fourth-order valence-electron chi connectivity index (χ4n) is 2.41. The van der Waals surface area contributed by atoms with Crippen LogP contribution in [0, 0.1) is 17.3 Å². The van der Waals surface area contributed by atoms with E-state index in [1.54, 1.807) is 0 Å². The van der Waals surface area contributed by atoms with E-state index in [-0.39, 0.29) is 0 Å². The van der Waals surface area contributed by atoms with E-state index in [1.807, 2.05) is 6.08 Å². The summed E-state index contributed by atoms with van der Waals surface area (Å²) >= 11 is 0. The third-order valence-corrected chi connectivity index (χ3v) is 3.20. The van der Waals surface area contributed by atoms with Crippen LogP contribution in [0.1, 0.15) is 26.7 Å². The molecule has 1 nitrogen and oxygen atoms in total. The maximum absolute atomic E-state index is 9.42. The zero-order valence-electron chi connectivity index (χ0n) is 6.59. The molecule has 1 fully saturated rings. The zero-order valence-corrected chi connectivity index (χ0v) is 6.59. The second-order valence-corrected chi connectivity index (χ2v) is 4.11. The van der Waals surface area contributed by atoms with Crippen molar-refractivity contribution < 1.29 is 5.11 Å². The predicted molar refractivity (Wildman–Crippen MR) is 40.7 cm³/mol. The van der Waals surface area contributed by atoms with Crippen molar-refractivity contribution in [3.05, 3.63) is 11.8 Å². The van der Waals surface area contributed by atoms with Crippen LogP contribution in [0.3, 0.4) is 0 Å². The highest BCUT2D eigenvalue weighted by Crippen LogP contribution is 2.64. The Morgan fingerprint density at radius 2 is 2.30 bits per heavy atom. The van der Waals surface area contributed by atoms with Crippen LogP contribution < -0.4 is 0 Å². The quantitative estimate of drug-likeness (QED) is 0.545. The molecular formula is C9H14O. The van der Waals surface area contributed by atoms with Crippen molar-refractivity contribution in [1.29, 1.82) is 0 Å². The maximum atomic E-state index is 9.42. The molecule has 0 radical (unpaired) electrons. The number of aliphatic hydroxyl groups excluding tert-OH is 1. The minimum absolute atomic E-state index is 0.400. The van der Waals surface area contributed by atoms with Crippen LogP contribution in [0.15, 0.2) is 11.8 Å². The van der Waals surface area contributed by atoms with Gasteiger partial charge in [-0.25, -0.2) is 0 Å². The molecule has 0 bridgehead atoms. The van der Waals surface area contributed by atoms with Gasteiger partial charge in [-0.1, -0.05) is 13.8 Å².